The standard InChI is InChI=1S/C13H9BrF2N2O/c14-9-5-7(1-3-10(9)15)13(19)18-12-4-2-8(17)6-11(12)16/h1-6H,17H2,(H,18,19). The number of hydrogen-bond donors (Lipinski definition) is 2. The lowest BCUT2D eigenvalue weighted by Crippen LogP contribution is -2.13. The second-order valence-corrected chi connectivity index (χ2v) is 4.68. The first kappa shape index (κ1) is 13.5. The highest BCUT2D eigenvalue weighted by atomic mass is 79.9. The fourth-order valence-corrected chi connectivity index (χ4v) is 1.84. The molecule has 0 aliphatic heterocycles. The van der Waals surface area contributed by atoms with Crippen LogP contribution in [-0.2, 0) is 0 Å². The van der Waals surface area contributed by atoms with Crippen molar-refractivity contribution in [3.05, 3.63) is 58.1 Å². The molecule has 1 amide bonds. The normalized spacial score (nSPS) is 10.3. The van der Waals surface area contributed by atoms with E-state index in [-0.39, 0.29) is 21.4 Å². The fourth-order valence-electron chi connectivity index (χ4n) is 1.46. The highest BCUT2D eigenvalue weighted by Crippen LogP contribution is 2.20. The van der Waals surface area contributed by atoms with Gasteiger partial charge in [-0.05, 0) is 52.3 Å². The van der Waals surface area contributed by atoms with Crippen molar-refractivity contribution in [3.8, 4) is 0 Å². The summed E-state index contributed by atoms with van der Waals surface area (Å²) in [5.41, 5.74) is 5.90. The first-order valence-electron chi connectivity index (χ1n) is 5.29. The number of benzene rings is 2. The molecule has 0 saturated carbocycles. The van der Waals surface area contributed by atoms with E-state index < -0.39 is 17.5 Å². The molecule has 0 radical (unpaired) electrons. The fraction of sp³-hybridized carbons (Fsp3) is 0. The van der Waals surface area contributed by atoms with Gasteiger partial charge in [-0.3, -0.25) is 4.79 Å². The Bertz CT molecular complexity index is 647. The quantitative estimate of drug-likeness (QED) is 0.829. The predicted octanol–water partition coefficient (Wildman–Crippen LogP) is 3.56. The van der Waals surface area contributed by atoms with Crippen molar-refractivity contribution in [1.29, 1.82) is 0 Å². The van der Waals surface area contributed by atoms with Crippen LogP contribution < -0.4 is 11.1 Å². The van der Waals surface area contributed by atoms with E-state index in [1.807, 2.05) is 0 Å². The number of nitrogens with two attached hydrogens (primary N) is 1. The lowest BCUT2D eigenvalue weighted by Gasteiger charge is -2.07. The molecule has 0 aliphatic carbocycles. The van der Waals surface area contributed by atoms with E-state index in [4.69, 9.17) is 5.73 Å². The second kappa shape index (κ2) is 5.36. The van der Waals surface area contributed by atoms with Crippen LogP contribution in [0.5, 0.6) is 0 Å². The smallest absolute Gasteiger partial charge is 0.255 e. The maximum Gasteiger partial charge on any atom is 0.255 e. The summed E-state index contributed by atoms with van der Waals surface area (Å²) in [6.45, 7) is 0. The third-order valence-electron chi connectivity index (χ3n) is 2.42. The maximum absolute atomic E-state index is 13.5. The van der Waals surface area contributed by atoms with Crippen LogP contribution in [0.15, 0.2) is 40.9 Å². The van der Waals surface area contributed by atoms with Crippen LogP contribution in [0.1, 0.15) is 10.4 Å². The Morgan fingerprint density at radius 1 is 1.11 bits per heavy atom. The van der Waals surface area contributed by atoms with Gasteiger partial charge in [0.05, 0.1) is 10.2 Å². The molecule has 0 saturated heterocycles. The average molecular weight is 327 g/mol. The number of rotatable bonds is 2. The van der Waals surface area contributed by atoms with E-state index in [1.165, 1.54) is 24.3 Å². The molecule has 0 unspecified atom stereocenters. The first-order chi connectivity index (χ1) is 8.97. The molecule has 0 aromatic heterocycles. The first-order valence-corrected chi connectivity index (χ1v) is 6.08. The monoisotopic (exact) mass is 326 g/mol. The number of nitrogen functional groups attached to an aromatic ring is 1. The number of nitrogens with one attached hydrogen (secondary N) is 1. The third kappa shape index (κ3) is 3.08. The van der Waals surface area contributed by atoms with Crippen molar-refractivity contribution in [2.24, 2.45) is 0 Å². The summed E-state index contributed by atoms with van der Waals surface area (Å²) in [6, 6.07) is 7.72. The van der Waals surface area contributed by atoms with E-state index in [0.29, 0.717) is 0 Å². The molecule has 0 spiro atoms. The van der Waals surface area contributed by atoms with Gasteiger partial charge in [0.15, 0.2) is 0 Å². The van der Waals surface area contributed by atoms with Crippen LogP contribution in [0.25, 0.3) is 0 Å². The van der Waals surface area contributed by atoms with Gasteiger partial charge in [-0.25, -0.2) is 8.78 Å². The van der Waals surface area contributed by atoms with Crippen molar-refractivity contribution < 1.29 is 13.6 Å². The van der Waals surface area contributed by atoms with Gasteiger partial charge < -0.3 is 11.1 Å². The van der Waals surface area contributed by atoms with Crippen LogP contribution in [-0.4, -0.2) is 5.91 Å². The van der Waals surface area contributed by atoms with Crippen LogP contribution in [0, 0.1) is 11.6 Å². The Balaban J connectivity index is 2.23. The molecular weight excluding hydrogens is 318 g/mol. The highest BCUT2D eigenvalue weighted by Gasteiger charge is 2.11. The molecule has 98 valence electrons. The summed E-state index contributed by atoms with van der Waals surface area (Å²) in [5.74, 6) is -1.64. The summed E-state index contributed by atoms with van der Waals surface area (Å²) in [7, 11) is 0. The van der Waals surface area contributed by atoms with Crippen molar-refractivity contribution in [2.75, 3.05) is 11.1 Å². The van der Waals surface area contributed by atoms with Crippen molar-refractivity contribution in [2.45, 2.75) is 0 Å². The molecule has 2 aromatic rings. The Morgan fingerprint density at radius 2 is 1.84 bits per heavy atom. The zero-order valence-electron chi connectivity index (χ0n) is 9.58. The predicted molar refractivity (Wildman–Crippen MR) is 72.9 cm³/mol. The Labute approximate surface area is 116 Å². The Morgan fingerprint density at radius 3 is 2.47 bits per heavy atom. The van der Waals surface area contributed by atoms with Crippen LogP contribution in [0.4, 0.5) is 20.2 Å². The molecule has 3 N–H and O–H groups in total. The second-order valence-electron chi connectivity index (χ2n) is 3.82. The minimum absolute atomic E-state index is 0.0136. The van der Waals surface area contributed by atoms with Gasteiger partial charge in [0.25, 0.3) is 5.91 Å². The molecule has 2 aromatic carbocycles. The van der Waals surface area contributed by atoms with Gasteiger partial charge in [0, 0.05) is 11.3 Å². The summed E-state index contributed by atoms with van der Waals surface area (Å²) in [4.78, 5) is 11.9. The summed E-state index contributed by atoms with van der Waals surface area (Å²) in [6.07, 6.45) is 0. The van der Waals surface area contributed by atoms with E-state index in [1.54, 1.807) is 0 Å². The van der Waals surface area contributed by atoms with E-state index in [0.717, 1.165) is 12.1 Å². The average Bonchev–Trinajstić information content (AvgIpc) is 2.36. The molecule has 2 rings (SSSR count). The molecule has 19 heavy (non-hydrogen) atoms. The number of halogens is 3. The van der Waals surface area contributed by atoms with E-state index in [9.17, 15) is 13.6 Å². The lowest BCUT2D eigenvalue weighted by molar-refractivity contribution is 0.102. The van der Waals surface area contributed by atoms with Crippen LogP contribution in [0.2, 0.25) is 0 Å². The van der Waals surface area contributed by atoms with Crippen LogP contribution >= 0.6 is 15.9 Å². The van der Waals surface area contributed by atoms with Gasteiger partial charge in [0.2, 0.25) is 0 Å². The maximum atomic E-state index is 13.5. The molecule has 3 nitrogen and oxygen atoms in total. The van der Waals surface area contributed by atoms with Gasteiger partial charge >= 0.3 is 0 Å². The largest absolute Gasteiger partial charge is 0.399 e. The Kier molecular flexibility index (Phi) is 3.80. The lowest BCUT2D eigenvalue weighted by atomic mass is 10.2. The van der Waals surface area contributed by atoms with Crippen molar-refractivity contribution >= 4 is 33.2 Å². The molecule has 0 bridgehead atoms. The minimum atomic E-state index is -0.630. The number of carbonyl (C=O) groups is 1. The number of anilines is 2. The van der Waals surface area contributed by atoms with E-state index in [2.05, 4.69) is 21.2 Å². The summed E-state index contributed by atoms with van der Waals surface area (Å²) < 4.78 is 26.7. The van der Waals surface area contributed by atoms with Crippen molar-refractivity contribution in [3.63, 3.8) is 0 Å². The molecule has 0 heterocycles. The minimum Gasteiger partial charge on any atom is -0.399 e. The van der Waals surface area contributed by atoms with Crippen LogP contribution in [0.3, 0.4) is 0 Å². The zero-order chi connectivity index (χ0) is 14.0. The third-order valence-corrected chi connectivity index (χ3v) is 3.03. The van der Waals surface area contributed by atoms with Gasteiger partial charge in [0.1, 0.15) is 11.6 Å². The molecule has 0 atom stereocenters. The summed E-state index contributed by atoms with van der Waals surface area (Å²) in [5, 5.41) is 2.39. The number of amides is 1. The SMILES string of the molecule is Nc1ccc(NC(=O)c2ccc(F)c(Br)c2)c(F)c1. The molecular formula is C13H9BrF2N2O. The highest BCUT2D eigenvalue weighted by molar-refractivity contribution is 9.10. The van der Waals surface area contributed by atoms with E-state index >= 15 is 0 Å². The number of hydrogen-bond acceptors (Lipinski definition) is 2. The molecule has 6 heteroatoms. The Hall–Kier alpha value is -1.95. The number of carbonyl (C=O) groups excluding carboxylic acids is 1. The van der Waals surface area contributed by atoms with Gasteiger partial charge in [-0.1, -0.05) is 0 Å². The van der Waals surface area contributed by atoms with Gasteiger partial charge in [-0.2, -0.15) is 0 Å². The van der Waals surface area contributed by atoms with Crippen molar-refractivity contribution in [1.82, 2.24) is 0 Å². The topological polar surface area (TPSA) is 55.1 Å². The summed E-state index contributed by atoms with van der Waals surface area (Å²) >= 11 is 2.98. The molecule has 0 fully saturated rings. The molecule has 0 aliphatic rings. The zero-order valence-corrected chi connectivity index (χ0v) is 11.2. The van der Waals surface area contributed by atoms with Gasteiger partial charge in [-0.15, -0.1) is 0 Å².